The summed E-state index contributed by atoms with van der Waals surface area (Å²) in [5.74, 6) is 0. The van der Waals surface area contributed by atoms with Gasteiger partial charge in [-0.15, -0.1) is 0 Å². The van der Waals surface area contributed by atoms with E-state index < -0.39 is 0 Å². The minimum Gasteiger partial charge on any atom is -0.379 e. The van der Waals surface area contributed by atoms with Gasteiger partial charge in [-0.1, -0.05) is 53.3 Å². The first-order chi connectivity index (χ1) is 14.7. The van der Waals surface area contributed by atoms with Crippen molar-refractivity contribution < 1.29 is 4.74 Å². The molecule has 7 heteroatoms. The lowest BCUT2D eigenvalue weighted by Crippen LogP contribution is -2.38. The molecule has 1 aliphatic heterocycles. The minimum atomic E-state index is 0.773. The van der Waals surface area contributed by atoms with Crippen LogP contribution in [0.25, 0.3) is 16.6 Å². The van der Waals surface area contributed by atoms with Crippen LogP contribution in [0.4, 0.5) is 5.13 Å². The van der Waals surface area contributed by atoms with E-state index in [-0.39, 0.29) is 0 Å². The highest BCUT2D eigenvalue weighted by atomic mass is 32.1. The van der Waals surface area contributed by atoms with Crippen LogP contribution in [0, 0.1) is 6.92 Å². The highest BCUT2D eigenvalue weighted by Gasteiger charge is 2.14. The first-order valence-electron chi connectivity index (χ1n) is 10.4. The van der Waals surface area contributed by atoms with Gasteiger partial charge in [0.05, 0.1) is 30.3 Å². The Balaban J connectivity index is 1.34. The van der Waals surface area contributed by atoms with Crippen molar-refractivity contribution in [2.45, 2.75) is 20.4 Å². The lowest BCUT2D eigenvalue weighted by Gasteiger charge is -2.26. The number of hydrogen-bond acceptors (Lipinski definition) is 6. The second kappa shape index (κ2) is 10.0. The molecule has 0 atom stereocenters. The Morgan fingerprint density at radius 2 is 1.97 bits per heavy atom. The number of ether oxygens (including phenoxy) is 1. The number of nitrogens with one attached hydrogen (secondary N) is 1. The van der Waals surface area contributed by atoms with E-state index in [2.05, 4.69) is 66.7 Å². The van der Waals surface area contributed by atoms with Crippen molar-refractivity contribution in [2.24, 2.45) is 0 Å². The van der Waals surface area contributed by atoms with Gasteiger partial charge in [0.15, 0.2) is 5.13 Å². The molecule has 1 saturated heterocycles. The summed E-state index contributed by atoms with van der Waals surface area (Å²) >= 11 is 1.67. The molecule has 30 heavy (non-hydrogen) atoms. The largest absolute Gasteiger partial charge is 0.379 e. The molecule has 1 fully saturated rings. The fourth-order valence-corrected chi connectivity index (χ4v) is 4.41. The van der Waals surface area contributed by atoms with Crippen molar-refractivity contribution in [1.29, 1.82) is 0 Å². The van der Waals surface area contributed by atoms with E-state index in [0.717, 1.165) is 67.3 Å². The number of hydrogen-bond donors (Lipinski definition) is 1. The summed E-state index contributed by atoms with van der Waals surface area (Å²) in [5, 5.41) is 9.17. The second-order valence-corrected chi connectivity index (χ2v) is 8.61. The van der Waals surface area contributed by atoms with Crippen LogP contribution in [0.2, 0.25) is 0 Å². The molecular formula is C23H29N5OS. The molecule has 158 valence electrons. The number of anilines is 1. The fraction of sp³-hybridized carbons (Fsp3) is 0.391. The second-order valence-electron chi connectivity index (χ2n) is 7.61. The number of rotatable bonds is 8. The predicted octanol–water partition coefficient (Wildman–Crippen LogP) is 4.16. The van der Waals surface area contributed by atoms with Crippen molar-refractivity contribution in [3.05, 3.63) is 59.4 Å². The summed E-state index contributed by atoms with van der Waals surface area (Å²) in [6.45, 7) is 10.5. The average Bonchev–Trinajstić information content (AvgIpc) is 3.38. The van der Waals surface area contributed by atoms with E-state index in [4.69, 9.17) is 14.8 Å². The van der Waals surface area contributed by atoms with E-state index in [1.54, 1.807) is 11.3 Å². The van der Waals surface area contributed by atoms with Crippen LogP contribution in [0.1, 0.15) is 18.2 Å². The van der Waals surface area contributed by atoms with Crippen molar-refractivity contribution in [1.82, 2.24) is 19.7 Å². The molecule has 0 bridgehead atoms. The van der Waals surface area contributed by atoms with Gasteiger partial charge in [0.25, 0.3) is 0 Å². The molecule has 1 aliphatic rings. The third-order valence-electron chi connectivity index (χ3n) is 5.15. The van der Waals surface area contributed by atoms with E-state index >= 15 is 0 Å². The number of aryl methyl sites for hydroxylation is 1. The lowest BCUT2D eigenvalue weighted by molar-refractivity contribution is 0.0360. The van der Waals surface area contributed by atoms with E-state index in [1.807, 2.05) is 10.7 Å². The molecule has 6 nitrogen and oxygen atoms in total. The first kappa shape index (κ1) is 20.8. The Morgan fingerprint density at radius 1 is 1.17 bits per heavy atom. The number of morpholine rings is 1. The van der Waals surface area contributed by atoms with E-state index in [1.165, 1.54) is 11.1 Å². The average molecular weight is 424 g/mol. The number of nitrogens with zero attached hydrogens (tertiary/aromatic N) is 4. The molecule has 0 spiro atoms. The van der Waals surface area contributed by atoms with Crippen molar-refractivity contribution in [2.75, 3.05) is 44.7 Å². The summed E-state index contributed by atoms with van der Waals surface area (Å²) in [7, 11) is 0. The number of aromatic nitrogens is 3. The zero-order valence-corrected chi connectivity index (χ0v) is 18.5. The number of benzene rings is 1. The molecule has 0 aliphatic carbocycles. The van der Waals surface area contributed by atoms with Gasteiger partial charge in [-0.2, -0.15) is 5.10 Å². The molecule has 0 saturated carbocycles. The highest BCUT2D eigenvalue weighted by Crippen LogP contribution is 2.31. The summed E-state index contributed by atoms with van der Waals surface area (Å²) < 4.78 is 7.45. The standard InChI is InChI=1S/C23H29N5OS/c1-18(16-20-6-4-3-5-7-20)17-24-23-25-19(2)22(30-23)21-8-9-28(26-21)11-10-27-12-14-29-15-13-27/h3-9,16H,10-15,17H2,1-2H3,(H,24,25). The summed E-state index contributed by atoms with van der Waals surface area (Å²) in [4.78, 5) is 8.26. The molecule has 3 heterocycles. The lowest BCUT2D eigenvalue weighted by atomic mass is 10.1. The molecule has 4 rings (SSSR count). The van der Waals surface area contributed by atoms with Crippen molar-refractivity contribution >= 4 is 22.5 Å². The zero-order valence-electron chi connectivity index (χ0n) is 17.7. The predicted molar refractivity (Wildman–Crippen MR) is 124 cm³/mol. The Kier molecular flexibility index (Phi) is 6.94. The minimum absolute atomic E-state index is 0.773. The van der Waals surface area contributed by atoms with Gasteiger partial charge in [0, 0.05) is 32.4 Å². The smallest absolute Gasteiger partial charge is 0.183 e. The number of thiazole rings is 1. The van der Waals surface area contributed by atoms with Crippen LogP contribution in [-0.4, -0.2) is 59.1 Å². The summed E-state index contributed by atoms with van der Waals surface area (Å²) in [5.41, 5.74) is 4.50. The SMILES string of the molecule is CC(=Cc1ccccc1)CNc1nc(C)c(-c2ccn(CCN3CCOCC3)n2)s1. The normalized spacial score (nSPS) is 15.5. The first-order valence-corrected chi connectivity index (χ1v) is 11.3. The van der Waals surface area contributed by atoms with E-state index in [9.17, 15) is 0 Å². The molecule has 0 unspecified atom stereocenters. The van der Waals surface area contributed by atoms with Crippen LogP contribution >= 0.6 is 11.3 Å². The molecule has 2 aromatic heterocycles. The van der Waals surface area contributed by atoms with Gasteiger partial charge < -0.3 is 10.1 Å². The van der Waals surface area contributed by atoms with Crippen molar-refractivity contribution in [3.8, 4) is 10.6 Å². The van der Waals surface area contributed by atoms with Gasteiger partial charge in [-0.25, -0.2) is 4.98 Å². The molecule has 1 N–H and O–H groups in total. The molecule has 0 radical (unpaired) electrons. The maximum Gasteiger partial charge on any atom is 0.183 e. The highest BCUT2D eigenvalue weighted by molar-refractivity contribution is 7.19. The third kappa shape index (κ3) is 5.56. The van der Waals surface area contributed by atoms with Gasteiger partial charge in [-0.05, 0) is 25.5 Å². The zero-order chi connectivity index (χ0) is 20.8. The Morgan fingerprint density at radius 3 is 2.77 bits per heavy atom. The Labute approximate surface area is 182 Å². The van der Waals surface area contributed by atoms with Gasteiger partial charge in [-0.3, -0.25) is 9.58 Å². The van der Waals surface area contributed by atoms with E-state index in [0.29, 0.717) is 0 Å². The van der Waals surface area contributed by atoms with Gasteiger partial charge in [0.1, 0.15) is 5.69 Å². The van der Waals surface area contributed by atoms with Crippen LogP contribution < -0.4 is 5.32 Å². The Bertz CT molecular complexity index is 973. The quantitative estimate of drug-likeness (QED) is 0.590. The summed E-state index contributed by atoms with van der Waals surface area (Å²) in [6, 6.07) is 12.5. The summed E-state index contributed by atoms with van der Waals surface area (Å²) in [6.07, 6.45) is 4.26. The van der Waals surface area contributed by atoms with Gasteiger partial charge in [0.2, 0.25) is 0 Å². The molecule has 1 aromatic carbocycles. The molecule has 3 aromatic rings. The van der Waals surface area contributed by atoms with Gasteiger partial charge >= 0.3 is 0 Å². The topological polar surface area (TPSA) is 55.2 Å². The fourth-order valence-electron chi connectivity index (χ4n) is 3.49. The van der Waals surface area contributed by atoms with Crippen molar-refractivity contribution in [3.63, 3.8) is 0 Å². The van der Waals surface area contributed by atoms with Crippen LogP contribution in [0.5, 0.6) is 0 Å². The third-order valence-corrected chi connectivity index (χ3v) is 6.29. The monoisotopic (exact) mass is 423 g/mol. The van der Waals surface area contributed by atoms with Crippen LogP contribution in [0.15, 0.2) is 48.2 Å². The van der Waals surface area contributed by atoms with Crippen LogP contribution in [-0.2, 0) is 11.3 Å². The molecule has 0 amide bonds. The van der Waals surface area contributed by atoms with Crippen LogP contribution in [0.3, 0.4) is 0 Å². The maximum atomic E-state index is 5.41. The maximum absolute atomic E-state index is 5.41. The Hall–Kier alpha value is -2.48. The molecular weight excluding hydrogens is 394 g/mol.